The molecule has 2 unspecified atom stereocenters. The maximum absolute atomic E-state index is 3.69. The molecule has 0 aromatic carbocycles. The van der Waals surface area contributed by atoms with Gasteiger partial charge in [0.25, 0.3) is 0 Å². The lowest BCUT2D eigenvalue weighted by Crippen LogP contribution is -2.65. The molecule has 0 aromatic heterocycles. The average Bonchev–Trinajstić information content (AvgIpc) is 2.24. The lowest BCUT2D eigenvalue weighted by atomic mass is 9.91. The van der Waals surface area contributed by atoms with Crippen molar-refractivity contribution >= 4 is 11.8 Å². The van der Waals surface area contributed by atoms with Gasteiger partial charge in [-0.05, 0) is 32.4 Å². The largest absolute Gasteiger partial charge is 0.309 e. The van der Waals surface area contributed by atoms with Crippen molar-refractivity contribution in [1.29, 1.82) is 0 Å². The van der Waals surface area contributed by atoms with Crippen LogP contribution in [0.1, 0.15) is 41.0 Å². The molecular weight excluding hydrogens is 228 g/mol. The Kier molecular flexibility index (Phi) is 5.81. The second kappa shape index (κ2) is 6.44. The predicted molar refractivity (Wildman–Crippen MR) is 79.9 cm³/mol. The monoisotopic (exact) mass is 258 g/mol. The zero-order valence-electron chi connectivity index (χ0n) is 12.4. The molecule has 0 aromatic rings. The van der Waals surface area contributed by atoms with E-state index in [0.29, 0.717) is 6.04 Å². The molecule has 3 heteroatoms. The Balaban J connectivity index is 2.78. The fourth-order valence-corrected chi connectivity index (χ4v) is 3.60. The Bertz CT molecular complexity index is 228. The molecule has 1 fully saturated rings. The first kappa shape index (κ1) is 15.3. The van der Waals surface area contributed by atoms with Crippen molar-refractivity contribution in [3.8, 4) is 0 Å². The summed E-state index contributed by atoms with van der Waals surface area (Å²) >= 11 is 1.98. The standard InChI is InChI=1S/C14H30N2S/c1-7-12(9-17-6)16-10-14(4,5)15-8-13(16)11(2)3/h11-13,15H,7-10H2,1-6H3. The molecule has 0 spiro atoms. The van der Waals surface area contributed by atoms with Gasteiger partial charge in [0.1, 0.15) is 0 Å². The highest BCUT2D eigenvalue weighted by atomic mass is 32.2. The highest BCUT2D eigenvalue weighted by molar-refractivity contribution is 7.98. The van der Waals surface area contributed by atoms with Gasteiger partial charge >= 0.3 is 0 Å². The number of nitrogens with one attached hydrogen (secondary N) is 1. The molecule has 1 aliphatic heterocycles. The summed E-state index contributed by atoms with van der Waals surface area (Å²) in [5.74, 6) is 1.99. The first-order valence-electron chi connectivity index (χ1n) is 6.91. The van der Waals surface area contributed by atoms with E-state index in [-0.39, 0.29) is 5.54 Å². The lowest BCUT2D eigenvalue weighted by Gasteiger charge is -2.49. The van der Waals surface area contributed by atoms with Gasteiger partial charge in [-0.2, -0.15) is 11.8 Å². The molecule has 0 saturated carbocycles. The zero-order chi connectivity index (χ0) is 13.1. The third kappa shape index (κ3) is 4.15. The van der Waals surface area contributed by atoms with Crippen LogP contribution in [0, 0.1) is 5.92 Å². The topological polar surface area (TPSA) is 15.3 Å². The quantitative estimate of drug-likeness (QED) is 0.816. The van der Waals surface area contributed by atoms with Gasteiger partial charge in [-0.1, -0.05) is 20.8 Å². The fraction of sp³-hybridized carbons (Fsp3) is 1.00. The minimum Gasteiger partial charge on any atom is -0.309 e. The minimum absolute atomic E-state index is 0.261. The van der Waals surface area contributed by atoms with Crippen molar-refractivity contribution in [3.63, 3.8) is 0 Å². The third-order valence-electron chi connectivity index (χ3n) is 3.86. The van der Waals surface area contributed by atoms with Crippen molar-refractivity contribution < 1.29 is 0 Å². The lowest BCUT2D eigenvalue weighted by molar-refractivity contribution is 0.0380. The van der Waals surface area contributed by atoms with E-state index in [4.69, 9.17) is 0 Å². The van der Waals surface area contributed by atoms with E-state index < -0.39 is 0 Å². The highest BCUT2D eigenvalue weighted by Gasteiger charge is 2.36. The van der Waals surface area contributed by atoms with Gasteiger partial charge in [0.05, 0.1) is 0 Å². The summed E-state index contributed by atoms with van der Waals surface area (Å²) < 4.78 is 0. The first-order valence-corrected chi connectivity index (χ1v) is 8.30. The maximum Gasteiger partial charge on any atom is 0.0253 e. The number of rotatable bonds is 5. The van der Waals surface area contributed by atoms with E-state index in [9.17, 15) is 0 Å². The summed E-state index contributed by atoms with van der Waals surface area (Å²) in [6.07, 6.45) is 3.49. The molecule has 1 N–H and O–H groups in total. The molecule has 1 rings (SSSR count). The van der Waals surface area contributed by atoms with Crippen LogP contribution in [0.25, 0.3) is 0 Å². The normalized spacial score (nSPS) is 27.4. The van der Waals surface area contributed by atoms with Gasteiger partial charge in [0.15, 0.2) is 0 Å². The van der Waals surface area contributed by atoms with Crippen LogP contribution in [-0.4, -0.2) is 47.6 Å². The van der Waals surface area contributed by atoms with Crippen molar-refractivity contribution in [1.82, 2.24) is 10.2 Å². The van der Waals surface area contributed by atoms with Gasteiger partial charge < -0.3 is 5.32 Å². The molecule has 2 atom stereocenters. The Morgan fingerprint density at radius 1 is 1.41 bits per heavy atom. The van der Waals surface area contributed by atoms with Gasteiger partial charge in [-0.15, -0.1) is 0 Å². The van der Waals surface area contributed by atoms with Crippen LogP contribution in [-0.2, 0) is 0 Å². The number of thioether (sulfide) groups is 1. The number of hydrogen-bond donors (Lipinski definition) is 1. The molecule has 2 nitrogen and oxygen atoms in total. The number of hydrogen-bond acceptors (Lipinski definition) is 3. The molecule has 1 aliphatic rings. The highest BCUT2D eigenvalue weighted by Crippen LogP contribution is 2.25. The molecule has 0 aliphatic carbocycles. The Hall–Kier alpha value is 0.270. The van der Waals surface area contributed by atoms with Crippen LogP contribution in [0.5, 0.6) is 0 Å². The summed E-state index contributed by atoms with van der Waals surface area (Å²) in [6, 6.07) is 1.43. The van der Waals surface area contributed by atoms with Crippen LogP contribution in [0.4, 0.5) is 0 Å². The summed E-state index contributed by atoms with van der Waals surface area (Å²) in [5, 5.41) is 3.69. The van der Waals surface area contributed by atoms with Gasteiger partial charge in [0.2, 0.25) is 0 Å². The summed E-state index contributed by atoms with van der Waals surface area (Å²) in [5.41, 5.74) is 0.261. The van der Waals surface area contributed by atoms with Crippen LogP contribution in [0.2, 0.25) is 0 Å². The van der Waals surface area contributed by atoms with Crippen molar-refractivity contribution in [2.45, 2.75) is 58.7 Å². The van der Waals surface area contributed by atoms with E-state index in [1.165, 1.54) is 18.7 Å². The molecule has 17 heavy (non-hydrogen) atoms. The second-order valence-corrected chi connectivity index (χ2v) is 7.18. The third-order valence-corrected chi connectivity index (χ3v) is 4.58. The zero-order valence-corrected chi connectivity index (χ0v) is 13.2. The smallest absolute Gasteiger partial charge is 0.0253 e. The summed E-state index contributed by atoms with van der Waals surface area (Å²) in [6.45, 7) is 14.0. The van der Waals surface area contributed by atoms with Gasteiger partial charge in [-0.3, -0.25) is 4.90 Å². The molecule has 1 saturated heterocycles. The Morgan fingerprint density at radius 3 is 2.53 bits per heavy atom. The Labute approximate surface area is 112 Å². The van der Waals surface area contributed by atoms with Crippen molar-refractivity contribution in [3.05, 3.63) is 0 Å². The molecule has 0 amide bonds. The first-order chi connectivity index (χ1) is 7.91. The number of nitrogens with zero attached hydrogens (tertiary/aromatic N) is 1. The van der Waals surface area contributed by atoms with Gasteiger partial charge in [0, 0.05) is 36.5 Å². The summed E-state index contributed by atoms with van der Waals surface area (Å²) in [4.78, 5) is 2.76. The fourth-order valence-electron chi connectivity index (χ4n) is 2.79. The van der Waals surface area contributed by atoms with E-state index in [2.05, 4.69) is 51.1 Å². The average molecular weight is 258 g/mol. The SMILES string of the molecule is CCC(CSC)N1CC(C)(C)NCC1C(C)C. The molecule has 1 heterocycles. The van der Waals surface area contributed by atoms with Crippen LogP contribution < -0.4 is 5.32 Å². The second-order valence-electron chi connectivity index (χ2n) is 6.27. The van der Waals surface area contributed by atoms with Crippen LogP contribution >= 0.6 is 11.8 Å². The van der Waals surface area contributed by atoms with Crippen LogP contribution in [0.3, 0.4) is 0 Å². The minimum atomic E-state index is 0.261. The summed E-state index contributed by atoms with van der Waals surface area (Å²) in [7, 11) is 0. The predicted octanol–water partition coefficient (Wildman–Crippen LogP) is 2.84. The van der Waals surface area contributed by atoms with Gasteiger partial charge in [-0.25, -0.2) is 0 Å². The van der Waals surface area contributed by atoms with E-state index >= 15 is 0 Å². The van der Waals surface area contributed by atoms with Crippen LogP contribution in [0.15, 0.2) is 0 Å². The molecule has 0 bridgehead atoms. The van der Waals surface area contributed by atoms with Crippen molar-refractivity contribution in [2.24, 2.45) is 5.92 Å². The maximum atomic E-state index is 3.69. The molecule has 102 valence electrons. The van der Waals surface area contributed by atoms with Crippen molar-refractivity contribution in [2.75, 3.05) is 25.1 Å². The van der Waals surface area contributed by atoms with E-state index in [1.54, 1.807) is 0 Å². The number of piperazine rings is 1. The molecular formula is C14H30N2S. The van der Waals surface area contributed by atoms with E-state index in [1.807, 2.05) is 11.8 Å². The Morgan fingerprint density at radius 2 is 2.06 bits per heavy atom. The molecule has 0 radical (unpaired) electrons. The van der Waals surface area contributed by atoms with E-state index in [0.717, 1.165) is 18.5 Å².